The van der Waals surface area contributed by atoms with Gasteiger partial charge in [-0.2, -0.15) is 0 Å². The Morgan fingerprint density at radius 3 is 0.929 bits per heavy atom. The molecule has 0 bridgehead atoms. The van der Waals surface area contributed by atoms with Crippen LogP contribution in [0, 0.1) is 0 Å². The van der Waals surface area contributed by atoms with Crippen LogP contribution in [0.25, 0.3) is 0 Å². The number of hydrogen-bond acceptors (Lipinski definition) is 8. The van der Waals surface area contributed by atoms with Crippen molar-refractivity contribution in [3.05, 3.63) is 46.5 Å². The average molecular weight is 619 g/mol. The number of benzene rings is 2. The number of phenolic OH excluding ortho intramolecular Hbond substituents is 2. The van der Waals surface area contributed by atoms with Crippen LogP contribution in [0.5, 0.6) is 11.5 Å². The summed E-state index contributed by atoms with van der Waals surface area (Å²) in [6.07, 6.45) is 0. The number of rotatable bonds is 7. The molecule has 0 radical (unpaired) electrons. The van der Waals surface area contributed by atoms with Gasteiger partial charge in [0.05, 0.1) is 14.2 Å². The van der Waals surface area contributed by atoms with Crippen molar-refractivity contribution < 1.29 is 29.3 Å². The lowest BCUT2D eigenvalue weighted by Crippen LogP contribution is -2.37. The number of carbonyl (C=O) groups excluding carboxylic acids is 2. The first-order chi connectivity index (χ1) is 18.9. The summed E-state index contributed by atoms with van der Waals surface area (Å²) in [5.74, 6) is -0.643. The van der Waals surface area contributed by atoms with E-state index >= 15 is 0 Å². The van der Waals surface area contributed by atoms with E-state index in [1.807, 2.05) is 107 Å². The summed E-state index contributed by atoms with van der Waals surface area (Å²) in [5, 5.41) is 20.5. The first-order valence-corrected chi connectivity index (χ1v) is 15.9. The van der Waals surface area contributed by atoms with E-state index in [4.69, 9.17) is 9.47 Å². The number of esters is 2. The zero-order chi connectivity index (χ0) is 32.6. The summed E-state index contributed by atoms with van der Waals surface area (Å²) in [4.78, 5) is 28.2. The van der Waals surface area contributed by atoms with E-state index < -0.39 is 22.4 Å². The van der Waals surface area contributed by atoms with E-state index in [1.54, 1.807) is 0 Å². The fourth-order valence-corrected chi connectivity index (χ4v) is 7.15. The molecule has 2 aromatic carbocycles. The van der Waals surface area contributed by atoms with Gasteiger partial charge in [0.1, 0.15) is 22.0 Å². The molecule has 0 spiro atoms. The maximum Gasteiger partial charge on any atom is 0.320 e. The molecule has 6 nitrogen and oxygen atoms in total. The Bertz CT molecular complexity index is 1130. The van der Waals surface area contributed by atoms with E-state index in [0.717, 1.165) is 32.0 Å². The quantitative estimate of drug-likeness (QED) is 0.237. The van der Waals surface area contributed by atoms with Crippen molar-refractivity contribution in [2.75, 3.05) is 14.2 Å². The SMILES string of the molecule is COC(=O)C(Sc1cc(C(C)(C)C)c(O)c(C(C)(C)C)c1)C(Sc1cc(C(C)(C)C)c(O)c(C(C)(C)C)c1)C(=O)OC. The normalized spacial score (nSPS) is 14.3. The van der Waals surface area contributed by atoms with Crippen LogP contribution in [0.2, 0.25) is 0 Å². The molecule has 2 N–H and O–H groups in total. The number of ether oxygens (including phenoxy) is 2. The lowest BCUT2D eigenvalue weighted by Gasteiger charge is -2.30. The predicted octanol–water partition coefficient (Wildman–Crippen LogP) is 8.26. The van der Waals surface area contributed by atoms with Crippen molar-refractivity contribution in [3.63, 3.8) is 0 Å². The molecule has 2 rings (SSSR count). The van der Waals surface area contributed by atoms with E-state index in [1.165, 1.54) is 37.7 Å². The molecule has 0 amide bonds. The van der Waals surface area contributed by atoms with Crippen LogP contribution in [0.1, 0.15) is 105 Å². The zero-order valence-electron chi connectivity index (χ0n) is 27.8. The van der Waals surface area contributed by atoms with Crippen molar-refractivity contribution in [1.82, 2.24) is 0 Å². The highest BCUT2D eigenvalue weighted by Crippen LogP contribution is 2.46. The number of phenols is 2. The molecule has 0 aliphatic rings. The Kier molecular flexibility index (Phi) is 10.9. The monoisotopic (exact) mass is 618 g/mol. The van der Waals surface area contributed by atoms with E-state index in [0.29, 0.717) is 0 Å². The zero-order valence-corrected chi connectivity index (χ0v) is 29.4. The van der Waals surface area contributed by atoms with Crippen molar-refractivity contribution >= 4 is 35.5 Å². The first-order valence-electron chi connectivity index (χ1n) is 14.2. The van der Waals surface area contributed by atoms with Gasteiger partial charge in [0, 0.05) is 32.0 Å². The van der Waals surface area contributed by atoms with Gasteiger partial charge in [0.2, 0.25) is 0 Å². The molecule has 2 aromatic rings. The number of methoxy groups -OCH3 is 2. The molecule has 234 valence electrons. The second kappa shape index (κ2) is 12.7. The van der Waals surface area contributed by atoms with Gasteiger partial charge >= 0.3 is 11.9 Å². The highest BCUT2D eigenvalue weighted by molar-refractivity contribution is 8.04. The maximum absolute atomic E-state index is 13.4. The fourth-order valence-electron chi connectivity index (χ4n) is 4.63. The summed E-state index contributed by atoms with van der Waals surface area (Å²) >= 11 is 2.46. The van der Waals surface area contributed by atoms with Crippen LogP contribution in [0.15, 0.2) is 34.1 Å². The largest absolute Gasteiger partial charge is 0.507 e. The number of carbonyl (C=O) groups is 2. The van der Waals surface area contributed by atoms with Gasteiger partial charge < -0.3 is 19.7 Å². The molecule has 8 heteroatoms. The topological polar surface area (TPSA) is 93.1 Å². The van der Waals surface area contributed by atoms with Crippen LogP contribution in [0.4, 0.5) is 0 Å². The Morgan fingerprint density at radius 1 is 0.548 bits per heavy atom. The van der Waals surface area contributed by atoms with Crippen LogP contribution in [-0.2, 0) is 40.7 Å². The summed E-state index contributed by atoms with van der Waals surface area (Å²) in [5.41, 5.74) is 1.57. The minimum atomic E-state index is -0.956. The molecule has 0 heterocycles. The van der Waals surface area contributed by atoms with Crippen molar-refractivity contribution in [2.45, 2.75) is 125 Å². The molecule has 0 aliphatic heterocycles. The summed E-state index contributed by atoms with van der Waals surface area (Å²) in [6, 6.07) is 7.56. The summed E-state index contributed by atoms with van der Waals surface area (Å²) in [6.45, 7) is 24.3. The minimum absolute atomic E-state index is 0.237. The Labute approximate surface area is 261 Å². The van der Waals surface area contributed by atoms with Gasteiger partial charge in [0.25, 0.3) is 0 Å². The van der Waals surface area contributed by atoms with Crippen molar-refractivity contribution in [1.29, 1.82) is 0 Å². The Hall–Kier alpha value is -2.32. The number of hydrogen-bond donors (Lipinski definition) is 2. The second-order valence-electron chi connectivity index (χ2n) is 14.9. The molecular formula is C34H50O6S2. The lowest BCUT2D eigenvalue weighted by molar-refractivity contribution is -0.146. The Morgan fingerprint density at radius 2 is 0.762 bits per heavy atom. The van der Waals surface area contributed by atoms with E-state index in [2.05, 4.69) is 0 Å². The maximum atomic E-state index is 13.4. The van der Waals surface area contributed by atoms with Gasteiger partial charge in [-0.05, 0) is 45.9 Å². The van der Waals surface area contributed by atoms with Gasteiger partial charge in [-0.15, -0.1) is 23.5 Å². The Balaban J connectivity index is 2.77. The molecule has 42 heavy (non-hydrogen) atoms. The van der Waals surface area contributed by atoms with Crippen LogP contribution < -0.4 is 0 Å². The molecule has 0 aromatic heterocycles. The summed E-state index contributed by atoms with van der Waals surface area (Å²) in [7, 11) is 2.62. The van der Waals surface area contributed by atoms with Crippen LogP contribution >= 0.6 is 23.5 Å². The molecule has 0 fully saturated rings. The first kappa shape index (κ1) is 35.9. The van der Waals surface area contributed by atoms with Gasteiger partial charge in [0.15, 0.2) is 0 Å². The van der Waals surface area contributed by atoms with E-state index in [-0.39, 0.29) is 33.2 Å². The van der Waals surface area contributed by atoms with Gasteiger partial charge in [-0.3, -0.25) is 9.59 Å². The number of thioether (sulfide) groups is 2. The van der Waals surface area contributed by atoms with Crippen molar-refractivity contribution in [2.24, 2.45) is 0 Å². The third kappa shape index (κ3) is 8.40. The lowest BCUT2D eigenvalue weighted by atomic mass is 9.79. The van der Waals surface area contributed by atoms with Gasteiger partial charge in [-0.1, -0.05) is 83.1 Å². The third-order valence-corrected chi connectivity index (χ3v) is 9.69. The highest BCUT2D eigenvalue weighted by Gasteiger charge is 2.39. The molecule has 0 aliphatic carbocycles. The predicted molar refractivity (Wildman–Crippen MR) is 174 cm³/mol. The van der Waals surface area contributed by atoms with Gasteiger partial charge in [-0.25, -0.2) is 0 Å². The number of aromatic hydroxyl groups is 2. The van der Waals surface area contributed by atoms with Crippen molar-refractivity contribution in [3.8, 4) is 11.5 Å². The fraction of sp³-hybridized carbons (Fsp3) is 0.588. The minimum Gasteiger partial charge on any atom is -0.507 e. The average Bonchev–Trinajstić information content (AvgIpc) is 2.83. The summed E-state index contributed by atoms with van der Waals surface area (Å²) < 4.78 is 10.4. The van der Waals surface area contributed by atoms with E-state index in [9.17, 15) is 19.8 Å². The molecule has 0 saturated carbocycles. The third-order valence-electron chi connectivity index (χ3n) is 7.07. The molecule has 2 atom stereocenters. The highest BCUT2D eigenvalue weighted by atomic mass is 32.2. The van der Waals surface area contributed by atoms with Crippen LogP contribution in [0.3, 0.4) is 0 Å². The standard InChI is InChI=1S/C34H50O6S2/c1-31(2,3)21-15-19(16-22(25(21)35)32(4,5)6)41-27(29(37)39-13)28(30(38)40-14)42-20-17-23(33(7,8)9)26(36)24(18-20)34(10,11)12/h15-18,27-28,35-36H,1-14H3. The molecular weight excluding hydrogens is 569 g/mol. The second-order valence-corrected chi connectivity index (χ2v) is 17.3. The molecule has 0 saturated heterocycles. The van der Waals surface area contributed by atoms with Crippen LogP contribution in [-0.4, -0.2) is 46.9 Å². The smallest absolute Gasteiger partial charge is 0.320 e. The molecule has 2 unspecified atom stereocenters.